The molecule has 0 aliphatic carbocycles. The normalized spacial score (nSPS) is 15.7. The number of hydrogen-bond donors (Lipinski definition) is 2. The van der Waals surface area contributed by atoms with Crippen molar-refractivity contribution in [2.24, 2.45) is 0 Å². The Kier molecular flexibility index (Phi) is 18.2. The van der Waals surface area contributed by atoms with Crippen LogP contribution in [0.5, 0.6) is 0 Å². The Labute approximate surface area is 293 Å². The lowest BCUT2D eigenvalue weighted by Crippen LogP contribution is -2.36. The Balaban J connectivity index is 1.14. The van der Waals surface area contributed by atoms with Gasteiger partial charge in [0.25, 0.3) is 11.8 Å². The number of amides is 5. The summed E-state index contributed by atoms with van der Waals surface area (Å²) in [5.41, 5.74) is 3.85. The molecule has 1 aromatic rings. The van der Waals surface area contributed by atoms with Gasteiger partial charge in [0, 0.05) is 57.6 Å². The van der Waals surface area contributed by atoms with Crippen molar-refractivity contribution in [3.63, 3.8) is 0 Å². The summed E-state index contributed by atoms with van der Waals surface area (Å²) < 4.78 is 21.8. The van der Waals surface area contributed by atoms with Crippen LogP contribution in [0.2, 0.25) is 0 Å². The number of ether oxygens (including phenoxy) is 4. The Bertz CT molecular complexity index is 1430. The lowest BCUT2D eigenvalue weighted by Gasteiger charge is -2.27. The van der Waals surface area contributed by atoms with E-state index in [1.165, 1.54) is 12.2 Å². The number of carbonyl (C=O) groups is 5. The molecule has 0 bridgehead atoms. The molecular weight excluding hydrogens is 644 g/mol. The maximum absolute atomic E-state index is 13.3. The molecule has 0 spiro atoms. The predicted molar refractivity (Wildman–Crippen MR) is 189 cm³/mol. The first-order valence-corrected chi connectivity index (χ1v) is 16.7. The number of hydrogen-bond acceptors (Lipinski definition) is 9. The molecule has 2 aliphatic rings. The van der Waals surface area contributed by atoms with Gasteiger partial charge in [-0.1, -0.05) is 55.2 Å². The van der Waals surface area contributed by atoms with Gasteiger partial charge in [-0.25, -0.2) is 0 Å². The van der Waals surface area contributed by atoms with Gasteiger partial charge in [-0.2, -0.15) is 0 Å². The Morgan fingerprint density at radius 1 is 0.760 bits per heavy atom. The quantitative estimate of drug-likeness (QED) is 0.100. The van der Waals surface area contributed by atoms with Gasteiger partial charge in [0.1, 0.15) is 0 Å². The summed E-state index contributed by atoms with van der Waals surface area (Å²) in [5.74, 6) is -1.35. The van der Waals surface area contributed by atoms with Crippen LogP contribution < -0.4 is 15.5 Å². The second-order valence-corrected chi connectivity index (χ2v) is 11.3. The van der Waals surface area contributed by atoms with Crippen molar-refractivity contribution in [2.75, 3.05) is 83.9 Å². The summed E-state index contributed by atoms with van der Waals surface area (Å²) in [7, 11) is 0. The highest BCUT2D eigenvalue weighted by Gasteiger charge is 2.23. The van der Waals surface area contributed by atoms with Crippen molar-refractivity contribution in [3.05, 3.63) is 84.0 Å². The van der Waals surface area contributed by atoms with Crippen LogP contribution in [0.3, 0.4) is 0 Å². The number of nitrogens with one attached hydrogen (secondary N) is 2. The van der Waals surface area contributed by atoms with E-state index >= 15 is 0 Å². The zero-order valence-electron chi connectivity index (χ0n) is 28.7. The van der Waals surface area contributed by atoms with Crippen molar-refractivity contribution < 1.29 is 42.9 Å². The molecule has 0 unspecified atom stereocenters. The van der Waals surface area contributed by atoms with E-state index in [1.54, 1.807) is 11.0 Å². The average Bonchev–Trinajstić information content (AvgIpc) is 3.43. The van der Waals surface area contributed by atoms with E-state index in [4.69, 9.17) is 18.9 Å². The molecule has 2 N–H and O–H groups in total. The monoisotopic (exact) mass is 692 g/mol. The number of imide groups is 1. The minimum atomic E-state index is -0.408. The highest BCUT2D eigenvalue weighted by atomic mass is 16.6. The van der Waals surface area contributed by atoms with Gasteiger partial charge in [0.15, 0.2) is 0 Å². The van der Waals surface area contributed by atoms with Crippen LogP contribution >= 0.6 is 0 Å². The molecule has 0 radical (unpaired) electrons. The van der Waals surface area contributed by atoms with E-state index in [0.717, 1.165) is 27.3 Å². The fourth-order valence-corrected chi connectivity index (χ4v) is 4.88. The zero-order chi connectivity index (χ0) is 36.0. The number of allylic oxidation sites excluding steroid dienone is 5. The number of nitrogens with zero attached hydrogens (tertiary/aromatic N) is 2. The van der Waals surface area contributed by atoms with E-state index in [0.29, 0.717) is 59.3 Å². The van der Waals surface area contributed by atoms with Crippen molar-refractivity contribution in [1.29, 1.82) is 0 Å². The largest absolute Gasteiger partial charge is 0.379 e. The van der Waals surface area contributed by atoms with Gasteiger partial charge in [-0.3, -0.25) is 28.9 Å². The first-order valence-electron chi connectivity index (χ1n) is 16.7. The second-order valence-electron chi connectivity index (χ2n) is 11.3. The van der Waals surface area contributed by atoms with Crippen LogP contribution in [0.4, 0.5) is 5.69 Å². The highest BCUT2D eigenvalue weighted by molar-refractivity contribution is 6.13. The second kappa shape index (κ2) is 22.9. The van der Waals surface area contributed by atoms with E-state index < -0.39 is 11.8 Å². The summed E-state index contributed by atoms with van der Waals surface area (Å²) in [5, 5.41) is 5.48. The van der Waals surface area contributed by atoms with Crippen LogP contribution in [0.25, 0.3) is 6.08 Å². The van der Waals surface area contributed by atoms with E-state index in [1.807, 2.05) is 55.5 Å². The van der Waals surface area contributed by atoms with Crippen LogP contribution in [0.1, 0.15) is 31.7 Å². The van der Waals surface area contributed by atoms with Gasteiger partial charge < -0.3 is 34.5 Å². The molecule has 13 nitrogen and oxygen atoms in total. The molecular formula is C37H48N4O9. The molecule has 0 saturated carbocycles. The third-order valence-electron chi connectivity index (χ3n) is 7.55. The van der Waals surface area contributed by atoms with Crippen molar-refractivity contribution in [3.8, 4) is 0 Å². The van der Waals surface area contributed by atoms with Crippen molar-refractivity contribution >= 4 is 41.3 Å². The molecule has 5 amide bonds. The van der Waals surface area contributed by atoms with Gasteiger partial charge in [0.2, 0.25) is 17.7 Å². The smallest absolute Gasteiger partial charge is 0.253 e. The summed E-state index contributed by atoms with van der Waals surface area (Å²) in [6.07, 6.45) is 12.4. The summed E-state index contributed by atoms with van der Waals surface area (Å²) >= 11 is 0. The standard InChI is InChI=1S/C37H48N4O9/c1-3-4-7-30-10-11-31-8-5-6-9-32(31)41(28-29(30)2)37(46)14-17-38-34(43)16-20-47-22-24-49-26-27-50-25-23-48-21-18-39-33(42)15-19-40-35(44)12-13-36(40)45/h3-13H,1,14-28H2,2H3,(H,38,43)(H,39,42)/b7-4-,11-10?,30-29-. The fourth-order valence-electron chi connectivity index (χ4n) is 4.88. The van der Waals surface area contributed by atoms with Crippen molar-refractivity contribution in [2.45, 2.75) is 26.2 Å². The first-order chi connectivity index (χ1) is 24.3. The number of fused-ring (bicyclic) bond motifs is 1. The van der Waals surface area contributed by atoms with Crippen molar-refractivity contribution in [1.82, 2.24) is 15.5 Å². The highest BCUT2D eigenvalue weighted by Crippen LogP contribution is 2.27. The number of para-hydroxylation sites is 1. The minimum Gasteiger partial charge on any atom is -0.379 e. The molecule has 270 valence electrons. The Morgan fingerprint density at radius 3 is 2.04 bits per heavy atom. The van der Waals surface area contributed by atoms with Gasteiger partial charge in [-0.15, -0.1) is 0 Å². The summed E-state index contributed by atoms with van der Waals surface area (Å²) in [4.78, 5) is 63.1. The SMILES string of the molecule is C=C/C=C\C1=C(/C)CN(C(=O)CCNC(=O)CCOCCOCCOCCOCCNC(=O)CCN2C(=O)C=CC2=O)c2ccccc2C=C1. The number of rotatable bonds is 23. The third kappa shape index (κ3) is 14.4. The number of anilines is 1. The topological polar surface area (TPSA) is 153 Å². The number of benzene rings is 1. The van der Waals surface area contributed by atoms with Gasteiger partial charge in [-0.05, 0) is 29.7 Å². The van der Waals surface area contributed by atoms with Crippen LogP contribution in [0.15, 0.2) is 78.4 Å². The lowest BCUT2D eigenvalue weighted by molar-refractivity contribution is -0.137. The average molecular weight is 693 g/mol. The van der Waals surface area contributed by atoms with E-state index in [2.05, 4.69) is 17.2 Å². The van der Waals surface area contributed by atoms with E-state index in [9.17, 15) is 24.0 Å². The molecule has 13 heteroatoms. The maximum Gasteiger partial charge on any atom is 0.253 e. The molecule has 3 rings (SSSR count). The predicted octanol–water partition coefficient (Wildman–Crippen LogP) is 2.50. The van der Waals surface area contributed by atoms with Crippen LogP contribution in [0, 0.1) is 0 Å². The van der Waals surface area contributed by atoms with Gasteiger partial charge >= 0.3 is 0 Å². The van der Waals surface area contributed by atoms with E-state index in [-0.39, 0.29) is 56.7 Å². The molecule has 2 heterocycles. The summed E-state index contributed by atoms with van der Waals surface area (Å²) in [6, 6.07) is 7.76. The molecule has 0 saturated heterocycles. The maximum atomic E-state index is 13.3. The molecule has 0 aromatic heterocycles. The first kappa shape index (κ1) is 39.7. The Hall–Kier alpha value is -4.69. The molecule has 1 aromatic carbocycles. The molecule has 0 fully saturated rings. The fraction of sp³-hybridized carbons (Fsp3) is 0.432. The van der Waals surface area contributed by atoms with Gasteiger partial charge in [0.05, 0.1) is 58.5 Å². The lowest BCUT2D eigenvalue weighted by atomic mass is 10.0. The zero-order valence-corrected chi connectivity index (χ0v) is 28.7. The summed E-state index contributed by atoms with van der Waals surface area (Å²) in [6.45, 7) is 9.50. The third-order valence-corrected chi connectivity index (χ3v) is 7.55. The Morgan fingerprint density at radius 2 is 1.36 bits per heavy atom. The van der Waals surface area contributed by atoms with Crippen LogP contribution in [-0.4, -0.2) is 113 Å². The minimum absolute atomic E-state index is 0.0367. The van der Waals surface area contributed by atoms with Crippen LogP contribution in [-0.2, 0) is 42.9 Å². The molecule has 50 heavy (non-hydrogen) atoms. The number of carbonyl (C=O) groups excluding carboxylic acids is 5. The molecule has 0 atom stereocenters. The molecule has 2 aliphatic heterocycles.